The number of ether oxygens (including phenoxy) is 1. The number of carbonyl (C=O) groups excluding carboxylic acids is 1. The molecule has 148 valence electrons. The Balaban J connectivity index is 1.58. The molecule has 1 aliphatic carbocycles. The van der Waals surface area contributed by atoms with Crippen molar-refractivity contribution in [2.45, 2.75) is 65.1 Å². The van der Waals surface area contributed by atoms with E-state index in [9.17, 15) is 4.79 Å². The van der Waals surface area contributed by atoms with Gasteiger partial charge < -0.3 is 15.0 Å². The predicted octanol–water partition coefficient (Wildman–Crippen LogP) is 3.26. The summed E-state index contributed by atoms with van der Waals surface area (Å²) in [6.07, 6.45) is 7.29. The average molecular weight is 381 g/mol. The first-order chi connectivity index (χ1) is 13.6. The Hall–Kier alpha value is -2.70. The lowest BCUT2D eigenvalue weighted by molar-refractivity contribution is 0.0706. The summed E-state index contributed by atoms with van der Waals surface area (Å²) in [6, 6.07) is 2.29. The number of carbonyl (C=O) groups is 1. The second-order valence-corrected chi connectivity index (χ2v) is 7.52. The number of amides is 1. The van der Waals surface area contributed by atoms with Crippen LogP contribution in [-0.4, -0.2) is 38.9 Å². The predicted molar refractivity (Wildman–Crippen MR) is 106 cm³/mol. The van der Waals surface area contributed by atoms with E-state index in [0.29, 0.717) is 30.6 Å². The largest absolute Gasteiger partial charge is 0.481 e. The van der Waals surface area contributed by atoms with Gasteiger partial charge in [0.2, 0.25) is 5.88 Å². The van der Waals surface area contributed by atoms with Crippen molar-refractivity contribution >= 4 is 11.7 Å². The Morgan fingerprint density at radius 2 is 2.04 bits per heavy atom. The molecule has 0 spiro atoms. The Labute approximate surface area is 165 Å². The first kappa shape index (κ1) is 18.7. The zero-order chi connectivity index (χ0) is 19.7. The molecule has 1 N–H and O–H groups in total. The van der Waals surface area contributed by atoms with Gasteiger partial charge in [0.25, 0.3) is 5.91 Å². The van der Waals surface area contributed by atoms with Crippen LogP contribution in [0.15, 0.2) is 12.3 Å². The number of anilines is 1. The molecular formula is C21H27N5O2. The van der Waals surface area contributed by atoms with Crippen molar-refractivity contribution in [3.63, 3.8) is 0 Å². The highest BCUT2D eigenvalue weighted by Gasteiger charge is 2.35. The molecule has 0 bridgehead atoms. The van der Waals surface area contributed by atoms with Gasteiger partial charge in [-0.15, -0.1) is 0 Å². The molecule has 2 aromatic heterocycles. The summed E-state index contributed by atoms with van der Waals surface area (Å²) in [6.45, 7) is 5.03. The molecule has 28 heavy (non-hydrogen) atoms. The van der Waals surface area contributed by atoms with Gasteiger partial charge in [-0.1, -0.05) is 19.8 Å². The van der Waals surface area contributed by atoms with E-state index in [2.05, 4.69) is 27.2 Å². The lowest BCUT2D eigenvalue weighted by atomic mass is 10.1. The minimum absolute atomic E-state index is 0.102. The summed E-state index contributed by atoms with van der Waals surface area (Å²) in [5.41, 5.74) is 3.45. The molecule has 0 saturated heterocycles. The molecule has 4 rings (SSSR count). The number of hydrogen-bond donors (Lipinski definition) is 1. The molecule has 1 fully saturated rings. The molecule has 7 nitrogen and oxygen atoms in total. The highest BCUT2D eigenvalue weighted by molar-refractivity contribution is 5.98. The average Bonchev–Trinajstić information content (AvgIpc) is 3.34. The van der Waals surface area contributed by atoms with Gasteiger partial charge in [-0.3, -0.25) is 4.79 Å². The van der Waals surface area contributed by atoms with Crippen LogP contribution >= 0.6 is 0 Å². The van der Waals surface area contributed by atoms with Gasteiger partial charge >= 0.3 is 0 Å². The van der Waals surface area contributed by atoms with E-state index in [1.165, 1.54) is 12.8 Å². The van der Waals surface area contributed by atoms with Gasteiger partial charge in [0.15, 0.2) is 0 Å². The number of fused-ring (bicyclic) bond motifs is 1. The lowest BCUT2D eigenvalue weighted by Gasteiger charge is -2.22. The Bertz CT molecular complexity index is 893. The van der Waals surface area contributed by atoms with Crippen LogP contribution in [0.1, 0.15) is 65.6 Å². The van der Waals surface area contributed by atoms with Gasteiger partial charge in [-0.25, -0.2) is 15.0 Å². The maximum Gasteiger partial charge on any atom is 0.256 e. The molecule has 0 aromatic carbocycles. The SMILES string of the molecule is CCc1cnc(C)nc1NCc1cc2c(nc1OC)CN(C1CCCC1)C2=O. The third kappa shape index (κ3) is 3.41. The number of pyridine rings is 1. The fourth-order valence-electron chi connectivity index (χ4n) is 4.17. The van der Waals surface area contributed by atoms with Crippen molar-refractivity contribution < 1.29 is 9.53 Å². The summed E-state index contributed by atoms with van der Waals surface area (Å²) < 4.78 is 5.52. The Kier molecular flexibility index (Phi) is 5.15. The minimum atomic E-state index is 0.102. The van der Waals surface area contributed by atoms with Crippen LogP contribution in [0.5, 0.6) is 5.88 Å². The van der Waals surface area contributed by atoms with Crippen molar-refractivity contribution in [3.05, 3.63) is 40.5 Å². The first-order valence-corrected chi connectivity index (χ1v) is 10.0. The Morgan fingerprint density at radius 1 is 1.25 bits per heavy atom. The van der Waals surface area contributed by atoms with Crippen LogP contribution in [0, 0.1) is 6.92 Å². The molecule has 0 radical (unpaired) electrons. The fraction of sp³-hybridized carbons (Fsp3) is 0.524. The molecular weight excluding hydrogens is 354 g/mol. The van der Waals surface area contributed by atoms with Crippen molar-refractivity contribution in [2.75, 3.05) is 12.4 Å². The molecule has 1 saturated carbocycles. The number of methoxy groups -OCH3 is 1. The van der Waals surface area contributed by atoms with E-state index in [-0.39, 0.29) is 5.91 Å². The van der Waals surface area contributed by atoms with Crippen molar-refractivity contribution in [1.29, 1.82) is 0 Å². The maximum absolute atomic E-state index is 13.0. The summed E-state index contributed by atoms with van der Waals surface area (Å²) in [7, 11) is 1.62. The zero-order valence-electron chi connectivity index (χ0n) is 16.8. The maximum atomic E-state index is 13.0. The van der Waals surface area contributed by atoms with Gasteiger partial charge in [-0.05, 0) is 32.3 Å². The van der Waals surface area contributed by atoms with Crippen molar-refractivity contribution in [2.24, 2.45) is 0 Å². The summed E-state index contributed by atoms with van der Waals surface area (Å²) >= 11 is 0. The topological polar surface area (TPSA) is 80.2 Å². The third-order valence-corrected chi connectivity index (χ3v) is 5.72. The second-order valence-electron chi connectivity index (χ2n) is 7.52. The standard InChI is InChI=1S/C21H27N5O2/c1-4-14-10-22-13(2)24-19(14)23-11-15-9-17-18(25-20(15)28-3)12-26(21(17)27)16-7-5-6-8-16/h9-10,16H,4-8,11-12H2,1-3H3,(H,22,23,24). The number of aryl methyl sites for hydroxylation is 2. The van der Waals surface area contributed by atoms with E-state index in [0.717, 1.165) is 47.7 Å². The number of nitrogens with one attached hydrogen (secondary N) is 1. The van der Waals surface area contributed by atoms with Crippen LogP contribution in [0.3, 0.4) is 0 Å². The molecule has 2 aromatic rings. The highest BCUT2D eigenvalue weighted by Crippen LogP contribution is 2.33. The molecule has 2 aliphatic rings. The van der Waals surface area contributed by atoms with Crippen LogP contribution < -0.4 is 10.1 Å². The number of aromatic nitrogens is 3. The summed E-state index contributed by atoms with van der Waals surface area (Å²) in [5.74, 6) is 2.21. The lowest BCUT2D eigenvalue weighted by Crippen LogP contribution is -2.33. The van der Waals surface area contributed by atoms with Crippen LogP contribution in [-0.2, 0) is 19.5 Å². The molecule has 3 heterocycles. The minimum Gasteiger partial charge on any atom is -0.481 e. The smallest absolute Gasteiger partial charge is 0.256 e. The third-order valence-electron chi connectivity index (χ3n) is 5.72. The molecule has 0 unspecified atom stereocenters. The van der Waals surface area contributed by atoms with E-state index < -0.39 is 0 Å². The van der Waals surface area contributed by atoms with Crippen LogP contribution in [0.25, 0.3) is 0 Å². The van der Waals surface area contributed by atoms with E-state index >= 15 is 0 Å². The van der Waals surface area contributed by atoms with E-state index in [1.54, 1.807) is 7.11 Å². The Morgan fingerprint density at radius 3 is 2.75 bits per heavy atom. The number of nitrogens with zero attached hydrogens (tertiary/aromatic N) is 4. The van der Waals surface area contributed by atoms with Crippen LogP contribution in [0.4, 0.5) is 5.82 Å². The van der Waals surface area contributed by atoms with Gasteiger partial charge in [0.1, 0.15) is 11.6 Å². The number of hydrogen-bond acceptors (Lipinski definition) is 6. The molecule has 7 heteroatoms. The monoisotopic (exact) mass is 381 g/mol. The molecule has 0 atom stereocenters. The normalized spacial score (nSPS) is 16.5. The molecule has 1 aliphatic heterocycles. The molecule has 1 amide bonds. The van der Waals surface area contributed by atoms with E-state index in [4.69, 9.17) is 4.74 Å². The van der Waals surface area contributed by atoms with Gasteiger partial charge in [-0.2, -0.15) is 0 Å². The quantitative estimate of drug-likeness (QED) is 0.827. The summed E-state index contributed by atoms with van der Waals surface area (Å²) in [4.78, 5) is 28.4. The fourth-order valence-corrected chi connectivity index (χ4v) is 4.17. The second kappa shape index (κ2) is 7.73. The van der Waals surface area contributed by atoms with Crippen molar-refractivity contribution in [1.82, 2.24) is 19.9 Å². The summed E-state index contributed by atoms with van der Waals surface area (Å²) in [5, 5.41) is 3.37. The number of rotatable bonds is 6. The van der Waals surface area contributed by atoms with Gasteiger partial charge in [0, 0.05) is 29.9 Å². The highest BCUT2D eigenvalue weighted by atomic mass is 16.5. The van der Waals surface area contributed by atoms with Crippen LogP contribution in [0.2, 0.25) is 0 Å². The van der Waals surface area contributed by atoms with E-state index in [1.807, 2.05) is 24.1 Å². The zero-order valence-corrected chi connectivity index (χ0v) is 16.8. The van der Waals surface area contributed by atoms with Gasteiger partial charge in [0.05, 0.1) is 24.9 Å². The first-order valence-electron chi connectivity index (χ1n) is 10.0. The van der Waals surface area contributed by atoms with Crippen molar-refractivity contribution in [3.8, 4) is 5.88 Å².